The number of nitrogens with one attached hydrogen (secondary N) is 2. The molecule has 144 valence electrons. The van der Waals surface area contributed by atoms with Gasteiger partial charge < -0.3 is 16.4 Å². The highest BCUT2D eigenvalue weighted by Crippen LogP contribution is 2.23. The number of hydrogen-bond acceptors (Lipinski definition) is 5. The molecule has 0 aliphatic heterocycles. The molecule has 0 radical (unpaired) electrons. The predicted octanol–water partition coefficient (Wildman–Crippen LogP) is 2.36. The van der Waals surface area contributed by atoms with Gasteiger partial charge in [0.2, 0.25) is 11.8 Å². The molecule has 7 nitrogen and oxygen atoms in total. The van der Waals surface area contributed by atoms with Gasteiger partial charge in [0.15, 0.2) is 0 Å². The van der Waals surface area contributed by atoms with Gasteiger partial charge in [-0.3, -0.25) is 19.3 Å². The number of aryl methyl sites for hydroxylation is 1. The van der Waals surface area contributed by atoms with E-state index < -0.39 is 11.9 Å². The molecule has 2 rings (SSSR count). The summed E-state index contributed by atoms with van der Waals surface area (Å²) in [7, 11) is 1.69. The predicted molar refractivity (Wildman–Crippen MR) is 108 cm³/mol. The van der Waals surface area contributed by atoms with Gasteiger partial charge in [-0.05, 0) is 56.5 Å². The van der Waals surface area contributed by atoms with E-state index in [2.05, 4.69) is 10.6 Å². The number of amides is 3. The van der Waals surface area contributed by atoms with Crippen molar-refractivity contribution >= 4 is 39.7 Å². The number of nitrogens with two attached hydrogens (primary N) is 1. The first-order valence-electron chi connectivity index (χ1n) is 8.45. The Hall–Kier alpha value is -2.71. The Labute approximate surface area is 162 Å². The summed E-state index contributed by atoms with van der Waals surface area (Å²) in [5.41, 5.74) is 8.42. The van der Waals surface area contributed by atoms with E-state index in [1.165, 1.54) is 11.3 Å². The molecule has 1 atom stereocenters. The zero-order valence-corrected chi connectivity index (χ0v) is 16.6. The molecule has 0 aliphatic rings. The van der Waals surface area contributed by atoms with Crippen LogP contribution in [0.1, 0.15) is 28.4 Å². The average Bonchev–Trinajstić information content (AvgIpc) is 3.06. The summed E-state index contributed by atoms with van der Waals surface area (Å²) in [6, 6.07) is 6.70. The summed E-state index contributed by atoms with van der Waals surface area (Å²) in [5, 5.41) is 7.66. The molecule has 1 unspecified atom stereocenters. The lowest BCUT2D eigenvalue weighted by Gasteiger charge is -2.23. The Morgan fingerprint density at radius 2 is 1.89 bits per heavy atom. The van der Waals surface area contributed by atoms with Gasteiger partial charge in [-0.15, -0.1) is 11.3 Å². The van der Waals surface area contributed by atoms with E-state index >= 15 is 0 Å². The van der Waals surface area contributed by atoms with Crippen LogP contribution < -0.4 is 16.4 Å². The maximum atomic E-state index is 12.4. The first-order chi connectivity index (χ1) is 12.7. The molecule has 0 fully saturated rings. The fourth-order valence-electron chi connectivity index (χ4n) is 2.46. The number of primary amides is 1. The van der Waals surface area contributed by atoms with Crippen LogP contribution in [0.5, 0.6) is 0 Å². The average molecular weight is 388 g/mol. The normalized spacial score (nSPS) is 11.9. The Balaban J connectivity index is 1.95. The number of likely N-dealkylation sites (N-methyl/N-ethyl adjacent to an activating group) is 1. The lowest BCUT2D eigenvalue weighted by molar-refractivity contribution is -0.122. The summed E-state index contributed by atoms with van der Waals surface area (Å²) in [5.74, 6) is -1.12. The van der Waals surface area contributed by atoms with Gasteiger partial charge in [-0.1, -0.05) is 12.1 Å². The molecule has 0 bridgehead atoms. The number of rotatable bonds is 7. The largest absolute Gasteiger partial charge is 0.366 e. The van der Waals surface area contributed by atoms with Gasteiger partial charge in [0.05, 0.1) is 18.2 Å². The molecular formula is C19H24N4O3S. The Morgan fingerprint density at radius 3 is 2.56 bits per heavy atom. The minimum absolute atomic E-state index is 0.0507. The van der Waals surface area contributed by atoms with Crippen LogP contribution in [-0.2, 0) is 9.59 Å². The summed E-state index contributed by atoms with van der Waals surface area (Å²) < 4.78 is 0. The van der Waals surface area contributed by atoms with E-state index in [0.29, 0.717) is 5.00 Å². The molecule has 1 aromatic carbocycles. The second-order valence-electron chi connectivity index (χ2n) is 6.40. The highest BCUT2D eigenvalue weighted by Gasteiger charge is 2.22. The third kappa shape index (κ3) is 5.15. The quantitative estimate of drug-likeness (QED) is 0.677. The van der Waals surface area contributed by atoms with Crippen molar-refractivity contribution in [3.05, 3.63) is 46.3 Å². The Morgan fingerprint density at radius 1 is 1.19 bits per heavy atom. The second kappa shape index (κ2) is 8.79. The van der Waals surface area contributed by atoms with Crippen molar-refractivity contribution < 1.29 is 14.4 Å². The van der Waals surface area contributed by atoms with Gasteiger partial charge in [-0.25, -0.2) is 0 Å². The van der Waals surface area contributed by atoms with Crippen molar-refractivity contribution in [2.24, 2.45) is 5.73 Å². The molecule has 4 N–H and O–H groups in total. The van der Waals surface area contributed by atoms with Crippen LogP contribution in [0.25, 0.3) is 0 Å². The molecule has 1 heterocycles. The smallest absolute Gasteiger partial charge is 0.251 e. The summed E-state index contributed by atoms with van der Waals surface area (Å²) in [6.07, 6.45) is 0. The standard InChI is InChI=1S/C19H24N4O3S/c1-11-6-5-7-15(12(11)2)21-16(24)10-23(4)13(3)18(26)22-19-14(17(20)25)8-9-27-19/h5-9,13H,10H2,1-4H3,(H2,20,25)(H,21,24)(H,22,26). The first-order valence-corrected chi connectivity index (χ1v) is 9.33. The molecule has 2 aromatic rings. The number of nitrogens with zero attached hydrogens (tertiary/aromatic N) is 1. The summed E-state index contributed by atoms with van der Waals surface area (Å²) >= 11 is 1.22. The Bertz CT molecular complexity index is 862. The van der Waals surface area contributed by atoms with Crippen molar-refractivity contribution in [1.29, 1.82) is 0 Å². The van der Waals surface area contributed by atoms with Crippen LogP contribution in [0.4, 0.5) is 10.7 Å². The van der Waals surface area contributed by atoms with Gasteiger partial charge in [0.25, 0.3) is 5.91 Å². The van der Waals surface area contributed by atoms with Crippen LogP contribution >= 0.6 is 11.3 Å². The highest BCUT2D eigenvalue weighted by atomic mass is 32.1. The third-order valence-corrected chi connectivity index (χ3v) is 5.31. The van der Waals surface area contributed by atoms with Crippen LogP contribution in [0.3, 0.4) is 0 Å². The molecule has 0 saturated carbocycles. The molecule has 27 heavy (non-hydrogen) atoms. The number of hydrogen-bond donors (Lipinski definition) is 3. The van der Waals surface area contributed by atoms with Gasteiger partial charge in [-0.2, -0.15) is 0 Å². The number of thiophene rings is 1. The highest BCUT2D eigenvalue weighted by molar-refractivity contribution is 7.14. The summed E-state index contributed by atoms with van der Waals surface area (Å²) in [4.78, 5) is 37.8. The number of benzene rings is 1. The zero-order chi connectivity index (χ0) is 20.1. The van der Waals surface area contributed by atoms with Crippen molar-refractivity contribution in [3.8, 4) is 0 Å². The van der Waals surface area contributed by atoms with Crippen LogP contribution in [0.2, 0.25) is 0 Å². The fraction of sp³-hybridized carbons (Fsp3) is 0.316. The third-order valence-electron chi connectivity index (χ3n) is 4.48. The molecule has 1 aromatic heterocycles. The molecule has 0 spiro atoms. The van der Waals surface area contributed by atoms with E-state index in [1.807, 2.05) is 32.0 Å². The van der Waals surface area contributed by atoms with Gasteiger partial charge >= 0.3 is 0 Å². The fourth-order valence-corrected chi connectivity index (χ4v) is 3.25. The van der Waals surface area contributed by atoms with E-state index in [4.69, 9.17) is 5.73 Å². The van der Waals surface area contributed by atoms with Crippen molar-refractivity contribution in [2.75, 3.05) is 24.2 Å². The number of anilines is 2. The van der Waals surface area contributed by atoms with E-state index in [9.17, 15) is 14.4 Å². The molecule has 3 amide bonds. The molecule has 0 aliphatic carbocycles. The number of carbonyl (C=O) groups excluding carboxylic acids is 3. The number of carbonyl (C=O) groups is 3. The second-order valence-corrected chi connectivity index (χ2v) is 7.32. The Kier molecular flexibility index (Phi) is 6.70. The van der Waals surface area contributed by atoms with E-state index in [0.717, 1.165) is 16.8 Å². The maximum Gasteiger partial charge on any atom is 0.251 e. The SMILES string of the molecule is Cc1cccc(NC(=O)CN(C)C(C)C(=O)Nc2sccc2C(N)=O)c1C. The first kappa shape index (κ1) is 20.6. The van der Waals surface area contributed by atoms with Gasteiger partial charge in [0.1, 0.15) is 5.00 Å². The van der Waals surface area contributed by atoms with Crippen molar-refractivity contribution in [3.63, 3.8) is 0 Å². The van der Waals surface area contributed by atoms with Crippen LogP contribution in [0.15, 0.2) is 29.6 Å². The summed E-state index contributed by atoms with van der Waals surface area (Å²) in [6.45, 7) is 5.67. The maximum absolute atomic E-state index is 12.4. The lowest BCUT2D eigenvalue weighted by atomic mass is 10.1. The van der Waals surface area contributed by atoms with Crippen LogP contribution in [0, 0.1) is 13.8 Å². The minimum atomic E-state index is -0.597. The molecule has 0 saturated heterocycles. The molecule has 8 heteroatoms. The lowest BCUT2D eigenvalue weighted by Crippen LogP contribution is -2.43. The monoisotopic (exact) mass is 388 g/mol. The topological polar surface area (TPSA) is 105 Å². The minimum Gasteiger partial charge on any atom is -0.366 e. The van der Waals surface area contributed by atoms with E-state index in [-0.39, 0.29) is 23.9 Å². The molecular weight excluding hydrogens is 364 g/mol. The van der Waals surface area contributed by atoms with E-state index in [1.54, 1.807) is 30.3 Å². The van der Waals surface area contributed by atoms with Crippen molar-refractivity contribution in [2.45, 2.75) is 26.8 Å². The van der Waals surface area contributed by atoms with Crippen LogP contribution in [-0.4, -0.2) is 42.3 Å². The zero-order valence-electron chi connectivity index (χ0n) is 15.8. The van der Waals surface area contributed by atoms with Crippen molar-refractivity contribution in [1.82, 2.24) is 4.90 Å². The van der Waals surface area contributed by atoms with Gasteiger partial charge in [0, 0.05) is 5.69 Å².